The van der Waals surface area contributed by atoms with E-state index in [1.54, 1.807) is 13.4 Å². The van der Waals surface area contributed by atoms with E-state index in [-0.39, 0.29) is 0 Å². The molecule has 4 nitrogen and oxygen atoms in total. The monoisotopic (exact) mass is 233 g/mol. The second-order valence-corrected chi connectivity index (χ2v) is 5.01. The maximum atomic E-state index is 5.40. The van der Waals surface area contributed by atoms with Crippen LogP contribution in [0.2, 0.25) is 0 Å². The summed E-state index contributed by atoms with van der Waals surface area (Å²) in [7, 11) is 1.80. The number of ether oxygens (including phenoxy) is 1. The number of rotatable bonds is 3. The Morgan fingerprint density at radius 1 is 1.29 bits per heavy atom. The number of anilines is 1. The van der Waals surface area contributed by atoms with Gasteiger partial charge in [0.05, 0.1) is 6.10 Å². The molecule has 2 unspecified atom stereocenters. The van der Waals surface area contributed by atoms with Crippen LogP contribution in [-0.2, 0) is 17.6 Å². The van der Waals surface area contributed by atoms with Gasteiger partial charge in [-0.1, -0.05) is 0 Å². The summed E-state index contributed by atoms with van der Waals surface area (Å²) in [6.07, 6.45) is 8.98. The van der Waals surface area contributed by atoms with Crippen molar-refractivity contribution in [1.29, 1.82) is 0 Å². The van der Waals surface area contributed by atoms with Crippen LogP contribution in [0, 0.1) is 0 Å². The molecule has 17 heavy (non-hydrogen) atoms. The molecule has 0 saturated heterocycles. The van der Waals surface area contributed by atoms with Gasteiger partial charge in [-0.25, -0.2) is 9.97 Å². The van der Waals surface area contributed by atoms with Gasteiger partial charge in [0.25, 0.3) is 0 Å². The lowest BCUT2D eigenvalue weighted by Crippen LogP contribution is -2.19. The van der Waals surface area contributed by atoms with Crippen LogP contribution in [0.4, 0.5) is 5.82 Å². The second-order valence-electron chi connectivity index (χ2n) is 5.01. The van der Waals surface area contributed by atoms with Crippen molar-refractivity contribution in [3.63, 3.8) is 0 Å². The Kier molecular flexibility index (Phi) is 2.97. The number of hydrogen-bond donors (Lipinski definition) is 1. The van der Waals surface area contributed by atoms with Gasteiger partial charge in [-0.05, 0) is 38.5 Å². The standard InChI is InChI=1S/C13H19N3O/c1-17-10-6-5-9(7-10)16-13-11-3-2-4-12(11)14-8-15-13/h8-10H,2-7H2,1H3,(H,14,15,16). The van der Waals surface area contributed by atoms with Crippen LogP contribution in [-0.4, -0.2) is 29.2 Å². The highest BCUT2D eigenvalue weighted by Gasteiger charge is 2.26. The number of nitrogens with zero attached hydrogens (tertiary/aromatic N) is 2. The van der Waals surface area contributed by atoms with Crippen LogP contribution in [0.3, 0.4) is 0 Å². The third-order valence-corrected chi connectivity index (χ3v) is 3.93. The third-order valence-electron chi connectivity index (χ3n) is 3.93. The van der Waals surface area contributed by atoms with Crippen LogP contribution >= 0.6 is 0 Å². The van der Waals surface area contributed by atoms with E-state index in [0.29, 0.717) is 12.1 Å². The average molecular weight is 233 g/mol. The molecule has 0 spiro atoms. The molecule has 0 amide bonds. The van der Waals surface area contributed by atoms with Gasteiger partial charge in [0.2, 0.25) is 0 Å². The quantitative estimate of drug-likeness (QED) is 0.866. The molecule has 4 heteroatoms. The average Bonchev–Trinajstić information content (AvgIpc) is 2.97. The molecule has 0 radical (unpaired) electrons. The molecule has 1 aromatic heterocycles. The van der Waals surface area contributed by atoms with Gasteiger partial charge in [0.15, 0.2) is 0 Å². The fraction of sp³-hybridized carbons (Fsp3) is 0.692. The first-order chi connectivity index (χ1) is 8.36. The Balaban J connectivity index is 1.72. The number of fused-ring (bicyclic) bond motifs is 1. The third kappa shape index (κ3) is 2.14. The number of hydrogen-bond acceptors (Lipinski definition) is 4. The van der Waals surface area contributed by atoms with Crippen molar-refractivity contribution >= 4 is 5.82 Å². The van der Waals surface area contributed by atoms with E-state index in [9.17, 15) is 0 Å². The zero-order chi connectivity index (χ0) is 11.7. The van der Waals surface area contributed by atoms with Crippen LogP contribution in [0.25, 0.3) is 0 Å². The van der Waals surface area contributed by atoms with Gasteiger partial charge in [-0.2, -0.15) is 0 Å². The first-order valence-electron chi connectivity index (χ1n) is 6.49. The molecule has 3 rings (SSSR count). The SMILES string of the molecule is COC1CCC(Nc2ncnc3c2CCC3)C1. The fourth-order valence-corrected chi connectivity index (χ4v) is 2.96. The Hall–Kier alpha value is -1.16. The van der Waals surface area contributed by atoms with Crippen molar-refractivity contribution in [3.05, 3.63) is 17.6 Å². The summed E-state index contributed by atoms with van der Waals surface area (Å²) in [5.74, 6) is 1.06. The zero-order valence-electron chi connectivity index (χ0n) is 10.3. The molecular weight excluding hydrogens is 214 g/mol. The Labute approximate surface area is 102 Å². The van der Waals surface area contributed by atoms with Crippen molar-refractivity contribution in [2.45, 2.75) is 50.7 Å². The Morgan fingerprint density at radius 3 is 3.06 bits per heavy atom. The maximum absolute atomic E-state index is 5.40. The lowest BCUT2D eigenvalue weighted by molar-refractivity contribution is 0.108. The van der Waals surface area contributed by atoms with Gasteiger partial charge >= 0.3 is 0 Å². The van der Waals surface area contributed by atoms with E-state index in [2.05, 4.69) is 15.3 Å². The number of aryl methyl sites for hydroxylation is 1. The van der Waals surface area contributed by atoms with E-state index in [1.807, 2.05) is 0 Å². The summed E-state index contributed by atoms with van der Waals surface area (Å²) >= 11 is 0. The molecule has 0 bridgehead atoms. The minimum Gasteiger partial charge on any atom is -0.381 e. The van der Waals surface area contributed by atoms with Crippen LogP contribution < -0.4 is 5.32 Å². The first kappa shape index (κ1) is 11.0. The number of nitrogens with one attached hydrogen (secondary N) is 1. The summed E-state index contributed by atoms with van der Waals surface area (Å²) in [6.45, 7) is 0. The minimum absolute atomic E-state index is 0.419. The summed E-state index contributed by atoms with van der Waals surface area (Å²) < 4.78 is 5.40. The topological polar surface area (TPSA) is 47.0 Å². The van der Waals surface area contributed by atoms with Crippen LogP contribution in [0.15, 0.2) is 6.33 Å². The highest BCUT2D eigenvalue weighted by molar-refractivity contribution is 5.48. The smallest absolute Gasteiger partial charge is 0.133 e. The van der Waals surface area contributed by atoms with Crippen molar-refractivity contribution in [2.24, 2.45) is 0 Å². The minimum atomic E-state index is 0.419. The second kappa shape index (κ2) is 4.61. The molecule has 92 valence electrons. The fourth-order valence-electron chi connectivity index (χ4n) is 2.96. The molecular formula is C13H19N3O. The van der Waals surface area contributed by atoms with E-state index >= 15 is 0 Å². The predicted molar refractivity (Wildman–Crippen MR) is 66.1 cm³/mol. The van der Waals surface area contributed by atoms with E-state index in [4.69, 9.17) is 4.74 Å². The molecule has 2 atom stereocenters. The molecule has 0 aliphatic heterocycles. The highest BCUT2D eigenvalue weighted by atomic mass is 16.5. The lowest BCUT2D eigenvalue weighted by Gasteiger charge is -2.15. The maximum Gasteiger partial charge on any atom is 0.133 e. The molecule has 2 aliphatic carbocycles. The lowest BCUT2D eigenvalue weighted by atomic mass is 10.2. The number of aromatic nitrogens is 2. The molecule has 1 saturated carbocycles. The predicted octanol–water partition coefficient (Wildman–Crippen LogP) is 1.94. The molecule has 1 fully saturated rings. The normalized spacial score (nSPS) is 27.1. The molecule has 0 aromatic carbocycles. The summed E-state index contributed by atoms with van der Waals surface area (Å²) in [5.41, 5.74) is 2.58. The van der Waals surface area contributed by atoms with Gasteiger partial charge < -0.3 is 10.1 Å². The largest absolute Gasteiger partial charge is 0.381 e. The van der Waals surface area contributed by atoms with E-state index < -0.39 is 0 Å². The Morgan fingerprint density at radius 2 is 2.24 bits per heavy atom. The molecule has 1 heterocycles. The number of methoxy groups -OCH3 is 1. The summed E-state index contributed by atoms with van der Waals surface area (Å²) in [6, 6.07) is 0.513. The highest BCUT2D eigenvalue weighted by Crippen LogP contribution is 2.29. The van der Waals surface area contributed by atoms with Gasteiger partial charge in [0.1, 0.15) is 12.1 Å². The van der Waals surface area contributed by atoms with Gasteiger partial charge in [-0.15, -0.1) is 0 Å². The Bertz CT molecular complexity index is 408. The van der Waals surface area contributed by atoms with E-state index in [1.165, 1.54) is 24.1 Å². The van der Waals surface area contributed by atoms with Gasteiger partial charge in [0, 0.05) is 24.4 Å². The van der Waals surface area contributed by atoms with Crippen molar-refractivity contribution in [3.8, 4) is 0 Å². The van der Waals surface area contributed by atoms with Gasteiger partial charge in [-0.3, -0.25) is 0 Å². The summed E-state index contributed by atoms with van der Waals surface area (Å²) in [4.78, 5) is 8.75. The van der Waals surface area contributed by atoms with Crippen LogP contribution in [0.5, 0.6) is 0 Å². The zero-order valence-corrected chi connectivity index (χ0v) is 10.3. The van der Waals surface area contributed by atoms with Crippen LogP contribution in [0.1, 0.15) is 36.9 Å². The molecule has 2 aliphatic rings. The van der Waals surface area contributed by atoms with Crippen molar-refractivity contribution in [2.75, 3.05) is 12.4 Å². The van der Waals surface area contributed by atoms with Crippen molar-refractivity contribution in [1.82, 2.24) is 9.97 Å². The van der Waals surface area contributed by atoms with E-state index in [0.717, 1.165) is 31.5 Å². The van der Waals surface area contributed by atoms with Crippen molar-refractivity contribution < 1.29 is 4.74 Å². The molecule has 1 aromatic rings. The first-order valence-corrected chi connectivity index (χ1v) is 6.49. The molecule has 1 N–H and O–H groups in total. The summed E-state index contributed by atoms with van der Waals surface area (Å²) in [5, 5.41) is 3.57.